The van der Waals surface area contributed by atoms with Gasteiger partial charge in [0, 0.05) is 40.5 Å². The van der Waals surface area contributed by atoms with Gasteiger partial charge in [-0.3, -0.25) is 9.89 Å². The molecule has 0 aliphatic carbocycles. The van der Waals surface area contributed by atoms with Crippen molar-refractivity contribution < 1.29 is 19.4 Å². The number of aromatic nitrogens is 3. The Morgan fingerprint density at radius 3 is 2.55 bits per heavy atom. The zero-order chi connectivity index (χ0) is 22.6. The predicted octanol–water partition coefficient (Wildman–Crippen LogP) is 5.12. The van der Waals surface area contributed by atoms with E-state index >= 15 is 0 Å². The number of benzene rings is 3. The molecule has 2 heterocycles. The number of hydrogen-bond acceptors (Lipinski definition) is 4. The molecular formula is C26H23N3O4. The van der Waals surface area contributed by atoms with E-state index in [9.17, 15) is 9.90 Å². The van der Waals surface area contributed by atoms with Crippen molar-refractivity contribution in [1.29, 1.82) is 0 Å². The molecule has 7 heteroatoms. The fraction of sp³-hybridized carbons (Fsp3) is 0.154. The lowest BCUT2D eigenvalue weighted by Gasteiger charge is -2.11. The predicted molar refractivity (Wildman–Crippen MR) is 127 cm³/mol. The van der Waals surface area contributed by atoms with Crippen molar-refractivity contribution in [2.75, 3.05) is 13.2 Å². The number of ether oxygens (including phenoxy) is 2. The minimum Gasteiger partial charge on any atom is -0.493 e. The van der Waals surface area contributed by atoms with Gasteiger partial charge in [0.1, 0.15) is 18.0 Å². The van der Waals surface area contributed by atoms with Gasteiger partial charge in [0.05, 0.1) is 24.4 Å². The maximum atomic E-state index is 11.4. The van der Waals surface area contributed by atoms with E-state index in [0.29, 0.717) is 25.4 Å². The monoisotopic (exact) mass is 441 g/mol. The molecule has 0 bridgehead atoms. The molecule has 2 aromatic heterocycles. The molecule has 2 N–H and O–H groups in total. The number of carbonyl (C=O) groups is 1. The van der Waals surface area contributed by atoms with Crippen molar-refractivity contribution in [3.8, 4) is 22.8 Å². The molecule has 0 saturated carbocycles. The lowest BCUT2D eigenvalue weighted by Crippen LogP contribution is -2.08. The third-order valence-electron chi connectivity index (χ3n) is 5.53. The van der Waals surface area contributed by atoms with Crippen molar-refractivity contribution in [2.24, 2.45) is 0 Å². The summed E-state index contributed by atoms with van der Waals surface area (Å²) in [7, 11) is 0. The van der Waals surface area contributed by atoms with E-state index in [1.165, 1.54) is 0 Å². The number of carboxylic acids is 1. The highest BCUT2D eigenvalue weighted by molar-refractivity contribution is 6.08. The summed E-state index contributed by atoms with van der Waals surface area (Å²) in [5.41, 5.74) is 3.62. The minimum atomic E-state index is -0.878. The van der Waals surface area contributed by atoms with E-state index in [-0.39, 0.29) is 6.54 Å². The molecule has 0 saturated heterocycles. The summed E-state index contributed by atoms with van der Waals surface area (Å²) in [6.07, 6.45) is 2.42. The van der Waals surface area contributed by atoms with Gasteiger partial charge in [-0.1, -0.05) is 30.3 Å². The number of fused-ring (bicyclic) bond motifs is 3. The summed E-state index contributed by atoms with van der Waals surface area (Å²) in [5.74, 6) is 0.618. The van der Waals surface area contributed by atoms with Gasteiger partial charge in [0.15, 0.2) is 0 Å². The highest BCUT2D eigenvalue weighted by atomic mass is 16.5. The number of aliphatic carboxylic acids is 1. The number of para-hydroxylation sites is 2. The lowest BCUT2D eigenvalue weighted by molar-refractivity contribution is -0.137. The van der Waals surface area contributed by atoms with Gasteiger partial charge in [-0.25, -0.2) is 0 Å². The quantitative estimate of drug-likeness (QED) is 0.310. The van der Waals surface area contributed by atoms with Crippen LogP contribution in [0.3, 0.4) is 0 Å². The van der Waals surface area contributed by atoms with E-state index < -0.39 is 5.97 Å². The highest BCUT2D eigenvalue weighted by Gasteiger charge is 2.13. The zero-order valence-electron chi connectivity index (χ0n) is 17.9. The molecule has 0 amide bonds. The smallest absolute Gasteiger partial charge is 0.323 e. The molecule has 5 rings (SSSR count). The van der Waals surface area contributed by atoms with Crippen LogP contribution in [0.1, 0.15) is 6.42 Å². The number of aromatic amines is 1. The standard InChI is InChI=1S/C26H23N3O4/c30-26(31)17-29-23-8-3-1-6-19(23)20-11-10-18(16-24(20)29)32-14-5-15-33-25-9-4-2-7-21(25)22-12-13-27-28-22/h1-4,6-13,16H,5,14-15,17H2,(H,27,28)(H,30,31). The number of rotatable bonds is 9. The lowest BCUT2D eigenvalue weighted by atomic mass is 10.1. The number of carboxylic acid groups (broad SMARTS) is 1. The maximum Gasteiger partial charge on any atom is 0.323 e. The Kier molecular flexibility index (Phi) is 5.68. The first kappa shape index (κ1) is 20.6. The topological polar surface area (TPSA) is 89.4 Å². The largest absolute Gasteiger partial charge is 0.493 e. The molecule has 0 radical (unpaired) electrons. The Bertz CT molecular complexity index is 1410. The molecule has 0 aliphatic rings. The van der Waals surface area contributed by atoms with E-state index in [1.807, 2.05) is 77.4 Å². The molecule has 33 heavy (non-hydrogen) atoms. The average Bonchev–Trinajstić information content (AvgIpc) is 3.46. The molecule has 5 aromatic rings. The Labute approximate surface area is 190 Å². The van der Waals surface area contributed by atoms with E-state index in [2.05, 4.69) is 10.2 Å². The molecular weight excluding hydrogens is 418 g/mol. The van der Waals surface area contributed by atoms with E-state index in [0.717, 1.165) is 38.8 Å². The summed E-state index contributed by atoms with van der Waals surface area (Å²) in [6.45, 7) is 0.889. The summed E-state index contributed by atoms with van der Waals surface area (Å²) in [4.78, 5) is 11.4. The van der Waals surface area contributed by atoms with Crippen LogP contribution in [-0.2, 0) is 11.3 Å². The third kappa shape index (κ3) is 4.25. The molecule has 0 unspecified atom stereocenters. The summed E-state index contributed by atoms with van der Waals surface area (Å²) < 4.78 is 13.7. The van der Waals surface area contributed by atoms with Crippen molar-refractivity contribution in [1.82, 2.24) is 14.8 Å². The Hall–Kier alpha value is -4.26. The molecule has 7 nitrogen and oxygen atoms in total. The van der Waals surface area contributed by atoms with Crippen LogP contribution in [0.5, 0.6) is 11.5 Å². The Balaban J connectivity index is 1.26. The van der Waals surface area contributed by atoms with E-state index in [1.54, 1.807) is 6.20 Å². The average molecular weight is 441 g/mol. The third-order valence-corrected chi connectivity index (χ3v) is 5.53. The second kappa shape index (κ2) is 9.08. The van der Waals surface area contributed by atoms with Crippen molar-refractivity contribution in [2.45, 2.75) is 13.0 Å². The van der Waals surface area contributed by atoms with Crippen molar-refractivity contribution >= 4 is 27.8 Å². The molecule has 166 valence electrons. The van der Waals surface area contributed by atoms with Crippen LogP contribution in [0.2, 0.25) is 0 Å². The first-order valence-corrected chi connectivity index (χ1v) is 10.8. The zero-order valence-corrected chi connectivity index (χ0v) is 17.9. The van der Waals surface area contributed by atoms with Gasteiger partial charge in [-0.2, -0.15) is 5.10 Å². The van der Waals surface area contributed by atoms with Gasteiger partial charge in [0.2, 0.25) is 0 Å². The van der Waals surface area contributed by atoms with Gasteiger partial charge in [0.25, 0.3) is 0 Å². The number of hydrogen-bond donors (Lipinski definition) is 2. The second-order valence-corrected chi connectivity index (χ2v) is 7.69. The van der Waals surface area contributed by atoms with E-state index in [4.69, 9.17) is 9.47 Å². The normalized spacial score (nSPS) is 11.2. The van der Waals surface area contributed by atoms with Crippen LogP contribution in [0.15, 0.2) is 79.0 Å². The molecule has 0 aliphatic heterocycles. The fourth-order valence-electron chi connectivity index (χ4n) is 4.08. The Morgan fingerprint density at radius 1 is 0.909 bits per heavy atom. The summed E-state index contributed by atoms with van der Waals surface area (Å²) in [6, 6.07) is 23.4. The highest BCUT2D eigenvalue weighted by Crippen LogP contribution is 2.32. The molecule has 3 aromatic carbocycles. The van der Waals surface area contributed by atoms with Crippen LogP contribution in [0.25, 0.3) is 33.1 Å². The number of nitrogens with zero attached hydrogens (tertiary/aromatic N) is 2. The van der Waals surface area contributed by atoms with Crippen LogP contribution >= 0.6 is 0 Å². The second-order valence-electron chi connectivity index (χ2n) is 7.69. The van der Waals surface area contributed by atoms with Crippen LogP contribution in [-0.4, -0.2) is 39.1 Å². The summed E-state index contributed by atoms with van der Waals surface area (Å²) in [5, 5.41) is 18.4. The maximum absolute atomic E-state index is 11.4. The van der Waals surface area contributed by atoms with Gasteiger partial charge in [-0.15, -0.1) is 0 Å². The van der Waals surface area contributed by atoms with Crippen molar-refractivity contribution in [3.63, 3.8) is 0 Å². The van der Waals surface area contributed by atoms with Gasteiger partial charge < -0.3 is 19.1 Å². The Morgan fingerprint density at radius 2 is 1.70 bits per heavy atom. The first-order valence-electron chi connectivity index (χ1n) is 10.8. The van der Waals surface area contributed by atoms with Crippen molar-refractivity contribution in [3.05, 3.63) is 79.0 Å². The fourth-order valence-corrected chi connectivity index (χ4v) is 4.08. The first-order chi connectivity index (χ1) is 16.2. The van der Waals surface area contributed by atoms with Gasteiger partial charge in [-0.05, 0) is 36.4 Å². The summed E-state index contributed by atoms with van der Waals surface area (Å²) >= 11 is 0. The van der Waals surface area contributed by atoms with Crippen LogP contribution in [0.4, 0.5) is 0 Å². The molecule has 0 fully saturated rings. The van der Waals surface area contributed by atoms with Gasteiger partial charge >= 0.3 is 5.97 Å². The molecule has 0 spiro atoms. The SMILES string of the molecule is O=C(O)Cn1c2ccccc2c2ccc(OCCCOc3ccccc3-c3ccn[nH]3)cc21. The van der Waals surface area contributed by atoms with Crippen LogP contribution in [0, 0.1) is 0 Å². The minimum absolute atomic E-state index is 0.100. The molecule has 0 atom stereocenters. The van der Waals surface area contributed by atoms with Crippen LogP contribution < -0.4 is 9.47 Å². The number of H-pyrrole nitrogens is 1. The number of nitrogens with one attached hydrogen (secondary N) is 1.